The van der Waals surface area contributed by atoms with Gasteiger partial charge in [-0.25, -0.2) is 0 Å². The molecule has 3 aromatic carbocycles. The van der Waals surface area contributed by atoms with E-state index < -0.39 is 28.8 Å². The van der Waals surface area contributed by atoms with Crippen LogP contribution in [0.3, 0.4) is 0 Å². The minimum atomic E-state index is -1.29. The molecule has 4 atom stereocenters. The van der Waals surface area contributed by atoms with Crippen LogP contribution in [0.5, 0.6) is 5.75 Å². The number of carbonyl (C=O) groups excluding carboxylic acids is 3. The van der Waals surface area contributed by atoms with Crippen LogP contribution in [0.2, 0.25) is 0 Å². The minimum absolute atomic E-state index is 0.0806. The Morgan fingerprint density at radius 3 is 2.39 bits per heavy atom. The van der Waals surface area contributed by atoms with Crippen LogP contribution in [-0.2, 0) is 15.0 Å². The first-order valence-corrected chi connectivity index (χ1v) is 12.9. The summed E-state index contributed by atoms with van der Waals surface area (Å²) in [7, 11) is 1.61. The van der Waals surface area contributed by atoms with Crippen LogP contribution in [-0.4, -0.2) is 36.7 Å². The number of ether oxygens (including phenoxy) is 1. The molecule has 3 heterocycles. The Balaban J connectivity index is 1.68. The molecule has 0 aromatic heterocycles. The fourth-order valence-electron chi connectivity index (χ4n) is 6.51. The van der Waals surface area contributed by atoms with E-state index in [1.54, 1.807) is 19.2 Å². The van der Waals surface area contributed by atoms with Gasteiger partial charge in [-0.1, -0.05) is 81.5 Å². The smallest absolute Gasteiger partial charge is 0.238 e. The second kappa shape index (κ2) is 8.42. The fourth-order valence-corrected chi connectivity index (χ4v) is 6.51. The highest BCUT2D eigenvalue weighted by Crippen LogP contribution is 2.58. The number of para-hydroxylation sites is 1. The highest BCUT2D eigenvalue weighted by Gasteiger charge is 2.70. The third kappa shape index (κ3) is 3.22. The van der Waals surface area contributed by atoms with Crippen molar-refractivity contribution in [2.75, 3.05) is 17.3 Å². The van der Waals surface area contributed by atoms with Crippen molar-refractivity contribution in [2.24, 2.45) is 11.3 Å². The molecule has 1 fully saturated rings. The largest absolute Gasteiger partial charge is 0.497 e. The van der Waals surface area contributed by atoms with Crippen molar-refractivity contribution in [3.8, 4) is 5.75 Å². The van der Waals surface area contributed by atoms with E-state index in [1.807, 2.05) is 98.5 Å². The Hall–Kier alpha value is -4.19. The molecule has 6 rings (SSSR count). The Morgan fingerprint density at radius 1 is 0.974 bits per heavy atom. The van der Waals surface area contributed by atoms with Crippen molar-refractivity contribution in [1.82, 2.24) is 0 Å². The number of anilines is 2. The SMILES string of the molecule is COc1ccc2c(c1)C=CC1N2C(C(=O)C(C)(C)C)C(C(=O)c2ccccc2)C12C(=O)Nc1ccccc12. The second-order valence-electron chi connectivity index (χ2n) is 11.3. The van der Waals surface area contributed by atoms with Crippen LogP contribution < -0.4 is 15.0 Å². The van der Waals surface area contributed by atoms with Gasteiger partial charge >= 0.3 is 0 Å². The number of hydrogen-bond donors (Lipinski definition) is 1. The van der Waals surface area contributed by atoms with E-state index >= 15 is 0 Å². The van der Waals surface area contributed by atoms with E-state index in [0.717, 1.165) is 16.8 Å². The summed E-state index contributed by atoms with van der Waals surface area (Å²) in [6.07, 6.45) is 3.95. The van der Waals surface area contributed by atoms with Crippen LogP contribution >= 0.6 is 0 Å². The average Bonchev–Trinajstić information content (AvgIpc) is 3.40. The topological polar surface area (TPSA) is 75.7 Å². The highest BCUT2D eigenvalue weighted by molar-refractivity contribution is 6.17. The molecule has 3 aliphatic heterocycles. The van der Waals surface area contributed by atoms with Gasteiger partial charge in [0, 0.05) is 27.9 Å². The summed E-state index contributed by atoms with van der Waals surface area (Å²) in [6, 6.07) is 20.8. The molecule has 1 amide bonds. The lowest BCUT2D eigenvalue weighted by Crippen LogP contribution is -2.51. The Labute approximate surface area is 222 Å². The van der Waals surface area contributed by atoms with Crippen molar-refractivity contribution in [2.45, 2.75) is 38.3 Å². The standard InChI is InChI=1S/C32H30N2O4/c1-31(2,3)29(36)27-26(28(35)19-10-6-5-7-11-19)32(22-12-8-9-13-23(22)33-30(32)37)25-17-14-20-18-21(38-4)15-16-24(20)34(25)27/h5-18,25-27H,1-4H3,(H,33,37). The van der Waals surface area contributed by atoms with E-state index in [9.17, 15) is 14.4 Å². The van der Waals surface area contributed by atoms with Crippen molar-refractivity contribution in [3.63, 3.8) is 0 Å². The normalized spacial score (nSPS) is 25.0. The molecule has 4 unspecified atom stereocenters. The van der Waals surface area contributed by atoms with Gasteiger partial charge in [-0.05, 0) is 29.8 Å². The van der Waals surface area contributed by atoms with Gasteiger partial charge in [0.15, 0.2) is 11.6 Å². The number of rotatable bonds is 4. The van der Waals surface area contributed by atoms with Gasteiger partial charge in [0.25, 0.3) is 0 Å². The third-order valence-electron chi connectivity index (χ3n) is 8.19. The lowest BCUT2D eigenvalue weighted by Gasteiger charge is -2.38. The summed E-state index contributed by atoms with van der Waals surface area (Å²) in [5, 5.41) is 3.06. The maximum atomic E-state index is 14.6. The Kier molecular flexibility index (Phi) is 5.35. The molecule has 6 nitrogen and oxygen atoms in total. The van der Waals surface area contributed by atoms with E-state index in [-0.39, 0.29) is 17.5 Å². The molecule has 0 aliphatic carbocycles. The Morgan fingerprint density at radius 2 is 1.68 bits per heavy atom. The zero-order chi connectivity index (χ0) is 26.8. The number of ketones is 2. The Bertz CT molecular complexity index is 1500. The molecule has 1 saturated heterocycles. The van der Waals surface area contributed by atoms with Crippen molar-refractivity contribution in [1.29, 1.82) is 0 Å². The van der Waals surface area contributed by atoms with E-state index in [1.165, 1.54) is 0 Å². The molecule has 38 heavy (non-hydrogen) atoms. The van der Waals surface area contributed by atoms with Crippen molar-refractivity contribution >= 4 is 34.9 Å². The fraction of sp³-hybridized carbons (Fsp3) is 0.281. The first-order chi connectivity index (χ1) is 18.2. The summed E-state index contributed by atoms with van der Waals surface area (Å²) >= 11 is 0. The van der Waals surface area contributed by atoms with Crippen molar-refractivity contribution < 1.29 is 19.1 Å². The van der Waals surface area contributed by atoms with Crippen LogP contribution in [0.1, 0.15) is 42.3 Å². The van der Waals surface area contributed by atoms with Crippen LogP contribution in [0.25, 0.3) is 6.08 Å². The third-order valence-corrected chi connectivity index (χ3v) is 8.19. The lowest BCUT2D eigenvalue weighted by molar-refractivity contribution is -0.128. The summed E-state index contributed by atoms with van der Waals surface area (Å²) in [5.41, 5.74) is 1.56. The van der Waals surface area contributed by atoms with Gasteiger partial charge in [-0.3, -0.25) is 14.4 Å². The lowest BCUT2D eigenvalue weighted by atomic mass is 9.63. The van der Waals surface area contributed by atoms with Gasteiger partial charge in [0.05, 0.1) is 19.1 Å². The average molecular weight is 507 g/mol. The maximum absolute atomic E-state index is 14.6. The summed E-state index contributed by atoms with van der Waals surface area (Å²) in [5.74, 6) is -0.794. The number of fused-ring (bicyclic) bond motifs is 6. The van der Waals surface area contributed by atoms with Crippen LogP contribution in [0.4, 0.5) is 11.4 Å². The van der Waals surface area contributed by atoms with Gasteiger partial charge in [-0.2, -0.15) is 0 Å². The predicted octanol–water partition coefficient (Wildman–Crippen LogP) is 5.28. The molecule has 6 heteroatoms. The van der Waals surface area contributed by atoms with E-state index in [4.69, 9.17) is 4.74 Å². The zero-order valence-corrected chi connectivity index (χ0v) is 21.9. The number of carbonyl (C=O) groups is 3. The molecule has 3 aromatic rings. The first-order valence-electron chi connectivity index (χ1n) is 12.9. The van der Waals surface area contributed by atoms with Gasteiger partial charge < -0.3 is 15.0 Å². The summed E-state index contributed by atoms with van der Waals surface area (Å²) < 4.78 is 5.46. The second-order valence-corrected chi connectivity index (χ2v) is 11.3. The summed E-state index contributed by atoms with van der Waals surface area (Å²) in [4.78, 5) is 45.2. The molecule has 0 radical (unpaired) electrons. The van der Waals surface area contributed by atoms with Gasteiger partial charge in [0.1, 0.15) is 17.2 Å². The maximum Gasteiger partial charge on any atom is 0.238 e. The number of Topliss-reactive ketones (excluding diaryl/α,β-unsaturated/α-hetero) is 2. The number of methoxy groups -OCH3 is 1. The molecule has 1 N–H and O–H groups in total. The van der Waals surface area contributed by atoms with E-state index in [0.29, 0.717) is 17.0 Å². The molecule has 0 saturated carbocycles. The zero-order valence-electron chi connectivity index (χ0n) is 21.9. The number of hydrogen-bond acceptors (Lipinski definition) is 5. The molecular formula is C32H30N2O4. The van der Waals surface area contributed by atoms with Crippen LogP contribution in [0.15, 0.2) is 78.9 Å². The van der Waals surface area contributed by atoms with Gasteiger partial charge in [0.2, 0.25) is 5.91 Å². The monoisotopic (exact) mass is 506 g/mol. The predicted molar refractivity (Wildman–Crippen MR) is 148 cm³/mol. The molecule has 3 aliphatic rings. The molecule has 192 valence electrons. The highest BCUT2D eigenvalue weighted by atomic mass is 16.5. The number of amides is 1. The minimum Gasteiger partial charge on any atom is -0.497 e. The number of nitrogens with one attached hydrogen (secondary N) is 1. The van der Waals surface area contributed by atoms with Crippen LogP contribution in [0, 0.1) is 11.3 Å². The van der Waals surface area contributed by atoms with Gasteiger partial charge in [-0.15, -0.1) is 0 Å². The number of benzene rings is 3. The quantitative estimate of drug-likeness (QED) is 0.487. The summed E-state index contributed by atoms with van der Waals surface area (Å²) in [6.45, 7) is 5.62. The van der Waals surface area contributed by atoms with E-state index in [2.05, 4.69) is 5.32 Å². The number of nitrogens with zero attached hydrogens (tertiary/aromatic N) is 1. The molecular weight excluding hydrogens is 476 g/mol. The first kappa shape index (κ1) is 24.2. The molecule has 1 spiro atoms. The molecule has 0 bridgehead atoms. The van der Waals surface area contributed by atoms with Crippen molar-refractivity contribution in [3.05, 3.63) is 95.6 Å².